The van der Waals surface area contributed by atoms with Gasteiger partial charge in [-0.15, -0.1) is 0 Å². The van der Waals surface area contributed by atoms with Crippen LogP contribution in [0, 0.1) is 16.0 Å². The lowest BCUT2D eigenvalue weighted by atomic mass is 9.76. The fraction of sp³-hybridized carbons (Fsp3) is 0.366. The lowest BCUT2D eigenvalue weighted by molar-refractivity contribution is -0.438. The molecule has 6 atom stereocenters. The van der Waals surface area contributed by atoms with Crippen LogP contribution in [0.1, 0.15) is 45.7 Å². The van der Waals surface area contributed by atoms with Crippen molar-refractivity contribution in [2.75, 3.05) is 26.1 Å². The molecule has 1 amide bonds. The van der Waals surface area contributed by atoms with Gasteiger partial charge < -0.3 is 38.6 Å². The molecule has 59 heavy (non-hydrogen) atoms. The maximum Gasteiger partial charge on any atom is 0.303 e. The van der Waals surface area contributed by atoms with Gasteiger partial charge >= 0.3 is 29.8 Å². The standard InChI is InChI=1S/C41H45N3O14S/c1-24(45)54-23-33(55-25(2)46)36(56-26(3)47)38(58-28(5)49)37(57-27(4)48)34-35(44(51)52)39(43(6)22-29-14-10-8-11-15-29)59-41(34,30-16-12-9-13-17-30)40(50)42-31-18-20-32(53-7)21-19-31/h8-21,33-34,36-38H,22-23H2,1-7H3,(H,42,50)/t33-,34-,36-,37-,38+,41-/m1/s1. The fourth-order valence-corrected chi connectivity index (χ4v) is 8.30. The average molecular weight is 836 g/mol. The zero-order chi connectivity index (χ0) is 43.4. The van der Waals surface area contributed by atoms with Gasteiger partial charge in [0.25, 0.3) is 5.70 Å². The number of nitrogens with zero attached hydrogens (tertiary/aromatic N) is 2. The Balaban J connectivity index is 2.13. The Kier molecular flexibility index (Phi) is 15.6. The van der Waals surface area contributed by atoms with Gasteiger partial charge in [0.2, 0.25) is 5.91 Å². The number of benzene rings is 3. The molecule has 0 radical (unpaired) electrons. The van der Waals surface area contributed by atoms with Crippen molar-refractivity contribution in [1.29, 1.82) is 0 Å². The number of amides is 1. The highest BCUT2D eigenvalue weighted by atomic mass is 32.2. The highest BCUT2D eigenvalue weighted by Gasteiger charge is 2.67. The van der Waals surface area contributed by atoms with Crippen LogP contribution >= 0.6 is 11.8 Å². The summed E-state index contributed by atoms with van der Waals surface area (Å²) in [6.45, 7) is 4.36. The molecule has 0 fully saturated rings. The highest BCUT2D eigenvalue weighted by Crippen LogP contribution is 2.60. The molecule has 1 heterocycles. The minimum absolute atomic E-state index is 0.0307. The number of ether oxygens (including phenoxy) is 6. The summed E-state index contributed by atoms with van der Waals surface area (Å²) in [6.07, 6.45) is -7.81. The molecule has 1 N–H and O–H groups in total. The van der Waals surface area contributed by atoms with E-state index in [1.807, 2.05) is 0 Å². The normalized spacial score (nSPS) is 17.9. The minimum atomic E-state index is -2.14. The van der Waals surface area contributed by atoms with E-state index >= 15 is 4.79 Å². The number of nitro groups is 1. The Morgan fingerprint density at radius 2 is 1.31 bits per heavy atom. The summed E-state index contributed by atoms with van der Waals surface area (Å²) in [5.41, 5.74) is 0.578. The van der Waals surface area contributed by atoms with E-state index in [-0.39, 0.29) is 22.8 Å². The second-order valence-corrected chi connectivity index (χ2v) is 14.6. The second-order valence-electron chi connectivity index (χ2n) is 13.3. The number of thioether (sulfide) groups is 1. The quantitative estimate of drug-likeness (QED) is 0.0791. The van der Waals surface area contributed by atoms with Crippen molar-refractivity contribution in [2.24, 2.45) is 5.92 Å². The number of anilines is 1. The first kappa shape index (κ1) is 45.3. The molecule has 4 rings (SSSR count). The molecule has 18 heteroatoms. The maximum absolute atomic E-state index is 15.3. The van der Waals surface area contributed by atoms with Crippen LogP contribution in [0.5, 0.6) is 5.75 Å². The molecular formula is C41H45N3O14S. The molecule has 0 saturated carbocycles. The fourth-order valence-electron chi connectivity index (χ4n) is 6.70. The van der Waals surface area contributed by atoms with Crippen molar-refractivity contribution in [3.8, 4) is 5.75 Å². The number of carbonyl (C=O) groups excluding carboxylic acids is 6. The summed E-state index contributed by atoms with van der Waals surface area (Å²) in [5, 5.41) is 16.5. The molecule has 0 bridgehead atoms. The predicted octanol–water partition coefficient (Wildman–Crippen LogP) is 4.76. The summed E-state index contributed by atoms with van der Waals surface area (Å²) < 4.78 is 31.1. The molecule has 3 aromatic carbocycles. The summed E-state index contributed by atoms with van der Waals surface area (Å²) in [7, 11) is 3.05. The van der Waals surface area contributed by atoms with Crippen molar-refractivity contribution >= 4 is 53.2 Å². The number of methoxy groups -OCH3 is 1. The van der Waals surface area contributed by atoms with Crippen molar-refractivity contribution < 1.29 is 62.1 Å². The van der Waals surface area contributed by atoms with E-state index in [1.165, 1.54) is 7.11 Å². The van der Waals surface area contributed by atoms with Gasteiger partial charge in [0.05, 0.1) is 12.0 Å². The summed E-state index contributed by atoms with van der Waals surface area (Å²) in [5.74, 6) is -7.13. The minimum Gasteiger partial charge on any atom is -0.497 e. The number of hydrogen-bond donors (Lipinski definition) is 1. The zero-order valence-corrected chi connectivity index (χ0v) is 34.2. The molecule has 0 saturated heterocycles. The first-order chi connectivity index (χ1) is 28.0. The number of carbonyl (C=O) groups is 6. The molecule has 0 aliphatic carbocycles. The van der Waals surface area contributed by atoms with Crippen LogP contribution in [-0.4, -0.2) is 90.8 Å². The van der Waals surface area contributed by atoms with Crippen LogP contribution < -0.4 is 10.1 Å². The second kappa shape index (κ2) is 20.3. The summed E-state index contributed by atoms with van der Waals surface area (Å²) in [4.78, 5) is 93.5. The largest absolute Gasteiger partial charge is 0.497 e. The Hall–Kier alpha value is -6.43. The van der Waals surface area contributed by atoms with Crippen molar-refractivity contribution in [1.82, 2.24) is 4.90 Å². The number of esters is 5. The lowest BCUT2D eigenvalue weighted by Crippen LogP contribution is -2.59. The first-order valence-electron chi connectivity index (χ1n) is 18.1. The molecule has 0 spiro atoms. The van der Waals surface area contributed by atoms with Crippen molar-refractivity contribution in [3.63, 3.8) is 0 Å². The molecule has 1 aliphatic heterocycles. The van der Waals surface area contributed by atoms with Gasteiger partial charge in [0.1, 0.15) is 28.1 Å². The van der Waals surface area contributed by atoms with Gasteiger partial charge in [-0.25, -0.2) is 0 Å². The van der Waals surface area contributed by atoms with Gasteiger partial charge in [-0.2, -0.15) is 0 Å². The van der Waals surface area contributed by atoms with E-state index < -0.39 is 88.1 Å². The third-order valence-electron chi connectivity index (χ3n) is 8.92. The summed E-state index contributed by atoms with van der Waals surface area (Å²) in [6, 6.07) is 23.3. The van der Waals surface area contributed by atoms with Gasteiger partial charge in [-0.05, 0) is 35.4 Å². The summed E-state index contributed by atoms with van der Waals surface area (Å²) >= 11 is 0.802. The van der Waals surface area contributed by atoms with Crippen LogP contribution in [-0.2, 0) is 63.7 Å². The maximum atomic E-state index is 15.3. The highest BCUT2D eigenvalue weighted by molar-refractivity contribution is 8.04. The molecule has 3 aromatic rings. The van der Waals surface area contributed by atoms with E-state index in [9.17, 15) is 34.1 Å². The molecular weight excluding hydrogens is 791 g/mol. The van der Waals surface area contributed by atoms with E-state index in [1.54, 1.807) is 96.9 Å². The average Bonchev–Trinajstić information content (AvgIpc) is 3.55. The predicted molar refractivity (Wildman–Crippen MR) is 212 cm³/mol. The zero-order valence-electron chi connectivity index (χ0n) is 33.4. The monoisotopic (exact) mass is 835 g/mol. The Morgan fingerprint density at radius 3 is 1.81 bits per heavy atom. The smallest absolute Gasteiger partial charge is 0.303 e. The van der Waals surface area contributed by atoms with Gasteiger partial charge in [-0.3, -0.25) is 38.9 Å². The SMILES string of the molecule is COc1ccc(NC(=O)[C@]2(c3ccccc3)SC(N(C)Cc3ccccc3)=C([N+](=O)[O-])[C@@H]2[C@@H](OC(C)=O)[C@@H](OC(C)=O)[C@H](OC(C)=O)[C@@H](COC(C)=O)OC(C)=O)cc1. The van der Waals surface area contributed by atoms with Crippen LogP contribution in [0.2, 0.25) is 0 Å². The van der Waals surface area contributed by atoms with Crippen LogP contribution in [0.4, 0.5) is 5.69 Å². The Bertz CT molecular complexity index is 2050. The van der Waals surface area contributed by atoms with Crippen molar-refractivity contribution in [3.05, 3.63) is 117 Å². The third kappa shape index (κ3) is 11.4. The topological polar surface area (TPSA) is 216 Å². The van der Waals surface area contributed by atoms with E-state index in [0.29, 0.717) is 5.75 Å². The molecule has 0 aromatic heterocycles. The number of hydrogen-bond acceptors (Lipinski definition) is 16. The third-order valence-corrected chi connectivity index (χ3v) is 10.6. The van der Waals surface area contributed by atoms with Crippen LogP contribution in [0.15, 0.2) is 95.7 Å². The van der Waals surface area contributed by atoms with Gasteiger partial charge in [0.15, 0.2) is 24.4 Å². The Morgan fingerprint density at radius 1 is 0.763 bits per heavy atom. The molecule has 1 aliphatic rings. The lowest BCUT2D eigenvalue weighted by Gasteiger charge is -2.41. The number of nitrogens with one attached hydrogen (secondary N) is 1. The molecule has 0 unspecified atom stereocenters. The number of rotatable bonds is 18. The molecule has 314 valence electrons. The van der Waals surface area contributed by atoms with Crippen LogP contribution in [0.3, 0.4) is 0 Å². The van der Waals surface area contributed by atoms with E-state index in [2.05, 4.69) is 5.32 Å². The Labute approximate surface area is 344 Å². The van der Waals surface area contributed by atoms with E-state index in [0.717, 1.165) is 51.9 Å². The van der Waals surface area contributed by atoms with Gasteiger partial charge in [-0.1, -0.05) is 72.4 Å². The van der Waals surface area contributed by atoms with Crippen LogP contribution in [0.25, 0.3) is 0 Å². The molecule has 17 nitrogen and oxygen atoms in total. The van der Waals surface area contributed by atoms with E-state index in [4.69, 9.17) is 28.4 Å². The van der Waals surface area contributed by atoms with Crippen molar-refractivity contribution in [2.45, 2.75) is 70.3 Å². The van der Waals surface area contributed by atoms with Gasteiger partial charge in [0, 0.05) is 53.9 Å². The first-order valence-corrected chi connectivity index (χ1v) is 19.0.